The molecule has 1 heterocycles. The number of Topliss-reactive ketones (excluding diaryl/α,β-unsaturated/α-hetero) is 1. The number of ketones is 1. The van der Waals surface area contributed by atoms with Gasteiger partial charge in [-0.2, -0.15) is 0 Å². The van der Waals surface area contributed by atoms with E-state index in [1.165, 1.54) is 37.3 Å². The number of carbonyl (C=O) groups is 1. The van der Waals surface area contributed by atoms with Gasteiger partial charge in [0.1, 0.15) is 5.75 Å². The first-order chi connectivity index (χ1) is 9.72. The minimum atomic E-state index is 0.0119. The molecule has 1 aliphatic rings. The standard InChI is InChI=1S/C17H17NO2/c1-12(19)15-7-9-17(18-11-15)20-16-8-6-13-4-2-3-5-14(13)10-16/h6-11H,2-5H2,1H3. The molecule has 0 fully saturated rings. The normalized spacial score (nSPS) is 13.7. The minimum absolute atomic E-state index is 0.0119. The average molecular weight is 267 g/mol. The molecule has 0 radical (unpaired) electrons. The first-order valence-corrected chi connectivity index (χ1v) is 6.99. The van der Waals surface area contributed by atoms with Gasteiger partial charge in [-0.15, -0.1) is 0 Å². The van der Waals surface area contributed by atoms with E-state index in [1.807, 2.05) is 6.07 Å². The summed E-state index contributed by atoms with van der Waals surface area (Å²) >= 11 is 0. The van der Waals surface area contributed by atoms with Crippen LogP contribution in [0.1, 0.15) is 41.3 Å². The van der Waals surface area contributed by atoms with E-state index in [1.54, 1.807) is 18.3 Å². The Hall–Kier alpha value is -2.16. The molecule has 0 aliphatic heterocycles. The second-order valence-electron chi connectivity index (χ2n) is 5.18. The van der Waals surface area contributed by atoms with E-state index in [4.69, 9.17) is 4.74 Å². The highest BCUT2D eigenvalue weighted by atomic mass is 16.5. The number of fused-ring (bicyclic) bond motifs is 1. The van der Waals surface area contributed by atoms with Gasteiger partial charge in [0.2, 0.25) is 5.88 Å². The highest BCUT2D eigenvalue weighted by molar-refractivity contribution is 5.93. The maximum atomic E-state index is 11.2. The number of hydrogen-bond acceptors (Lipinski definition) is 3. The monoisotopic (exact) mass is 267 g/mol. The Kier molecular flexibility index (Phi) is 3.50. The van der Waals surface area contributed by atoms with Crippen LogP contribution in [0.5, 0.6) is 11.6 Å². The fraction of sp³-hybridized carbons (Fsp3) is 0.294. The first-order valence-electron chi connectivity index (χ1n) is 6.99. The van der Waals surface area contributed by atoms with E-state index < -0.39 is 0 Å². The van der Waals surface area contributed by atoms with Gasteiger partial charge in [0.25, 0.3) is 0 Å². The number of aromatic nitrogens is 1. The molecular formula is C17H17NO2. The second kappa shape index (κ2) is 5.45. The van der Waals surface area contributed by atoms with Crippen LogP contribution in [0.15, 0.2) is 36.5 Å². The predicted molar refractivity (Wildman–Crippen MR) is 77.4 cm³/mol. The lowest BCUT2D eigenvalue weighted by Crippen LogP contribution is -2.02. The maximum absolute atomic E-state index is 11.2. The van der Waals surface area contributed by atoms with Gasteiger partial charge in [0, 0.05) is 17.8 Å². The summed E-state index contributed by atoms with van der Waals surface area (Å²) in [6.07, 6.45) is 6.38. The first kappa shape index (κ1) is 12.9. The van der Waals surface area contributed by atoms with Gasteiger partial charge >= 0.3 is 0 Å². The molecular weight excluding hydrogens is 250 g/mol. The van der Waals surface area contributed by atoms with Crippen LogP contribution in [0.4, 0.5) is 0 Å². The molecule has 0 N–H and O–H groups in total. The molecule has 0 saturated carbocycles. The van der Waals surface area contributed by atoms with Crippen LogP contribution >= 0.6 is 0 Å². The molecule has 3 heteroatoms. The van der Waals surface area contributed by atoms with Gasteiger partial charge in [-0.25, -0.2) is 4.98 Å². The van der Waals surface area contributed by atoms with E-state index in [0.29, 0.717) is 11.4 Å². The van der Waals surface area contributed by atoms with Crippen LogP contribution < -0.4 is 4.74 Å². The largest absolute Gasteiger partial charge is 0.439 e. The molecule has 3 nitrogen and oxygen atoms in total. The molecule has 0 spiro atoms. The zero-order valence-electron chi connectivity index (χ0n) is 11.6. The van der Waals surface area contributed by atoms with Crippen molar-refractivity contribution in [2.75, 3.05) is 0 Å². The lowest BCUT2D eigenvalue weighted by Gasteiger charge is -2.16. The number of aryl methyl sites for hydroxylation is 2. The third-order valence-electron chi connectivity index (χ3n) is 3.69. The van der Waals surface area contributed by atoms with Gasteiger partial charge in [-0.3, -0.25) is 4.79 Å². The van der Waals surface area contributed by atoms with Crippen molar-refractivity contribution in [1.82, 2.24) is 4.98 Å². The van der Waals surface area contributed by atoms with E-state index in [-0.39, 0.29) is 5.78 Å². The molecule has 2 aromatic rings. The van der Waals surface area contributed by atoms with Crippen molar-refractivity contribution in [2.24, 2.45) is 0 Å². The van der Waals surface area contributed by atoms with E-state index >= 15 is 0 Å². The number of hydrogen-bond donors (Lipinski definition) is 0. The van der Waals surface area contributed by atoms with Crippen molar-refractivity contribution in [1.29, 1.82) is 0 Å². The topological polar surface area (TPSA) is 39.2 Å². The summed E-state index contributed by atoms with van der Waals surface area (Å²) in [6.45, 7) is 1.53. The van der Waals surface area contributed by atoms with Crippen molar-refractivity contribution in [2.45, 2.75) is 32.6 Å². The van der Waals surface area contributed by atoms with Gasteiger partial charge in [-0.05, 0) is 61.9 Å². The lowest BCUT2D eigenvalue weighted by atomic mass is 9.92. The van der Waals surface area contributed by atoms with E-state index in [2.05, 4.69) is 17.1 Å². The number of carbonyl (C=O) groups excluding carboxylic acids is 1. The Labute approximate surface area is 118 Å². The quantitative estimate of drug-likeness (QED) is 0.790. The Morgan fingerprint density at radius 1 is 1.10 bits per heavy atom. The van der Waals surface area contributed by atoms with Crippen molar-refractivity contribution in [3.8, 4) is 11.6 Å². The molecule has 0 bridgehead atoms. The Bertz CT molecular complexity index is 632. The van der Waals surface area contributed by atoms with Crippen LogP contribution in [0.3, 0.4) is 0 Å². The summed E-state index contributed by atoms with van der Waals surface area (Å²) in [5.74, 6) is 1.34. The zero-order chi connectivity index (χ0) is 13.9. The fourth-order valence-electron chi connectivity index (χ4n) is 2.54. The molecule has 0 amide bonds. The molecule has 3 rings (SSSR count). The molecule has 102 valence electrons. The Morgan fingerprint density at radius 3 is 2.60 bits per heavy atom. The van der Waals surface area contributed by atoms with Gasteiger partial charge in [0.05, 0.1) is 0 Å². The highest BCUT2D eigenvalue weighted by Crippen LogP contribution is 2.27. The van der Waals surface area contributed by atoms with Crippen molar-refractivity contribution >= 4 is 5.78 Å². The second-order valence-corrected chi connectivity index (χ2v) is 5.18. The summed E-state index contributed by atoms with van der Waals surface area (Å²) in [5.41, 5.74) is 3.42. The van der Waals surface area contributed by atoms with Crippen LogP contribution in [0.2, 0.25) is 0 Å². The smallest absolute Gasteiger partial charge is 0.219 e. The van der Waals surface area contributed by atoms with Gasteiger partial charge in [-0.1, -0.05) is 6.07 Å². The third kappa shape index (κ3) is 2.72. The molecule has 20 heavy (non-hydrogen) atoms. The van der Waals surface area contributed by atoms with Crippen LogP contribution in [0.25, 0.3) is 0 Å². The molecule has 0 atom stereocenters. The molecule has 0 saturated heterocycles. The summed E-state index contributed by atoms with van der Waals surface area (Å²) in [7, 11) is 0. The minimum Gasteiger partial charge on any atom is -0.439 e. The Morgan fingerprint density at radius 2 is 1.90 bits per heavy atom. The lowest BCUT2D eigenvalue weighted by molar-refractivity contribution is 0.101. The van der Waals surface area contributed by atoms with Crippen LogP contribution in [0, 0.1) is 0 Å². The summed E-state index contributed by atoms with van der Waals surface area (Å²) in [5, 5.41) is 0. The molecule has 1 aromatic heterocycles. The van der Waals surface area contributed by atoms with Crippen molar-refractivity contribution in [3.05, 3.63) is 53.2 Å². The van der Waals surface area contributed by atoms with E-state index in [9.17, 15) is 4.79 Å². The number of nitrogens with zero attached hydrogens (tertiary/aromatic N) is 1. The van der Waals surface area contributed by atoms with Crippen LogP contribution in [-0.4, -0.2) is 10.8 Å². The summed E-state index contributed by atoms with van der Waals surface area (Å²) in [4.78, 5) is 15.4. The third-order valence-corrected chi connectivity index (χ3v) is 3.69. The van der Waals surface area contributed by atoms with Crippen LogP contribution in [-0.2, 0) is 12.8 Å². The molecule has 1 aromatic carbocycles. The molecule has 1 aliphatic carbocycles. The van der Waals surface area contributed by atoms with Gasteiger partial charge in [0.15, 0.2) is 5.78 Å². The molecule has 0 unspecified atom stereocenters. The Balaban J connectivity index is 1.78. The number of rotatable bonds is 3. The van der Waals surface area contributed by atoms with Gasteiger partial charge < -0.3 is 4.74 Å². The predicted octanol–water partition coefficient (Wildman–Crippen LogP) is 3.96. The number of pyridine rings is 1. The SMILES string of the molecule is CC(=O)c1ccc(Oc2ccc3c(c2)CCCC3)nc1. The summed E-state index contributed by atoms with van der Waals surface area (Å²) in [6, 6.07) is 9.72. The van der Waals surface area contributed by atoms with Crippen molar-refractivity contribution < 1.29 is 9.53 Å². The van der Waals surface area contributed by atoms with E-state index in [0.717, 1.165) is 12.2 Å². The number of ether oxygens (including phenoxy) is 1. The summed E-state index contributed by atoms with van der Waals surface area (Å²) < 4.78 is 5.76. The average Bonchev–Trinajstić information content (AvgIpc) is 2.48. The van der Waals surface area contributed by atoms with Crippen molar-refractivity contribution in [3.63, 3.8) is 0 Å². The fourth-order valence-corrected chi connectivity index (χ4v) is 2.54. The maximum Gasteiger partial charge on any atom is 0.219 e. The zero-order valence-corrected chi connectivity index (χ0v) is 11.6. The number of benzene rings is 1. The highest BCUT2D eigenvalue weighted by Gasteiger charge is 2.10.